The minimum absolute atomic E-state index is 0.289. The number of hydrogen-bond donors (Lipinski definition) is 1. The van der Waals surface area contributed by atoms with Crippen molar-refractivity contribution >= 4 is 28.9 Å². The molecule has 0 radical (unpaired) electrons. The maximum Gasteiger partial charge on any atom is 0.418 e. The number of benzene rings is 2. The summed E-state index contributed by atoms with van der Waals surface area (Å²) in [7, 11) is 0. The van der Waals surface area contributed by atoms with Crippen LogP contribution in [0.5, 0.6) is 0 Å². The number of nitrogens with one attached hydrogen (secondary N) is 1. The molecule has 2 aromatic carbocycles. The topological polar surface area (TPSA) is 142 Å². The van der Waals surface area contributed by atoms with E-state index in [0.29, 0.717) is 0 Å². The number of alkyl halides is 3. The average molecular weight is 427 g/mol. The summed E-state index contributed by atoms with van der Waals surface area (Å²) in [6.45, 7) is 0.0947. The van der Waals surface area contributed by atoms with Crippen LogP contribution in [0, 0.1) is 27.2 Å². The molecule has 13 heteroatoms. The van der Waals surface area contributed by atoms with Crippen molar-refractivity contribution in [3.8, 4) is 0 Å². The summed E-state index contributed by atoms with van der Waals surface area (Å²) in [5, 5.41) is 24.0. The summed E-state index contributed by atoms with van der Waals surface area (Å²) in [4.78, 5) is 44.1. The fraction of sp³-hybridized carbons (Fsp3) is 0.176. The molecule has 0 aliphatic carbocycles. The molecule has 0 aliphatic rings. The molecule has 0 bridgehead atoms. The minimum atomic E-state index is -4.74. The number of halogens is 3. The highest BCUT2D eigenvalue weighted by Crippen LogP contribution is 2.34. The number of carbonyl (C=O) groups excluding carboxylic acids is 2. The Morgan fingerprint density at radius 3 is 2.10 bits per heavy atom. The van der Waals surface area contributed by atoms with E-state index >= 15 is 0 Å². The van der Waals surface area contributed by atoms with Crippen LogP contribution in [0.2, 0.25) is 0 Å². The summed E-state index contributed by atoms with van der Waals surface area (Å²) in [5.74, 6) is -2.42. The van der Waals surface area contributed by atoms with Crippen molar-refractivity contribution in [3.05, 3.63) is 73.3 Å². The third-order valence-electron chi connectivity index (χ3n) is 3.82. The number of ether oxygens (including phenoxy) is 1. The second-order valence-corrected chi connectivity index (χ2v) is 5.82. The Morgan fingerprint density at radius 2 is 1.60 bits per heavy atom. The molecule has 0 unspecified atom stereocenters. The van der Waals surface area contributed by atoms with E-state index in [-0.39, 0.29) is 5.56 Å². The Labute approximate surface area is 165 Å². The number of nitro benzene ring substituents is 2. The van der Waals surface area contributed by atoms with Gasteiger partial charge in [-0.2, -0.15) is 13.2 Å². The first-order chi connectivity index (χ1) is 13.9. The first-order valence-electron chi connectivity index (χ1n) is 7.98. The van der Waals surface area contributed by atoms with Gasteiger partial charge >= 0.3 is 12.1 Å². The van der Waals surface area contributed by atoms with E-state index < -0.39 is 62.7 Å². The first kappa shape index (κ1) is 22.3. The number of para-hydroxylation sites is 1. The van der Waals surface area contributed by atoms with Gasteiger partial charge in [0, 0.05) is 12.1 Å². The van der Waals surface area contributed by atoms with Gasteiger partial charge < -0.3 is 10.1 Å². The van der Waals surface area contributed by atoms with E-state index in [9.17, 15) is 43.0 Å². The molecule has 0 atom stereocenters. The van der Waals surface area contributed by atoms with Gasteiger partial charge in [0.2, 0.25) is 0 Å². The van der Waals surface area contributed by atoms with Crippen LogP contribution in [-0.2, 0) is 15.7 Å². The number of rotatable bonds is 6. The van der Waals surface area contributed by atoms with Crippen LogP contribution in [0.1, 0.15) is 21.5 Å². The monoisotopic (exact) mass is 427 g/mol. The van der Waals surface area contributed by atoms with Crippen molar-refractivity contribution in [2.24, 2.45) is 0 Å². The van der Waals surface area contributed by atoms with Crippen molar-refractivity contribution < 1.29 is 37.3 Å². The molecule has 2 rings (SSSR count). The molecule has 0 aliphatic heterocycles. The van der Waals surface area contributed by atoms with Gasteiger partial charge in [-0.25, -0.2) is 4.79 Å². The van der Waals surface area contributed by atoms with Gasteiger partial charge in [0.25, 0.3) is 17.3 Å². The summed E-state index contributed by atoms with van der Waals surface area (Å²) in [6.07, 6.45) is -4.74. The number of hydrogen-bond acceptors (Lipinski definition) is 7. The van der Waals surface area contributed by atoms with E-state index in [4.69, 9.17) is 0 Å². The summed E-state index contributed by atoms with van der Waals surface area (Å²) < 4.78 is 43.4. The van der Waals surface area contributed by atoms with Gasteiger partial charge in [-0.15, -0.1) is 0 Å². The Hall–Kier alpha value is -4.03. The Kier molecular flexibility index (Phi) is 6.34. The predicted octanol–water partition coefficient (Wildman–Crippen LogP) is 3.63. The molecular weight excluding hydrogens is 415 g/mol. The second-order valence-electron chi connectivity index (χ2n) is 5.82. The molecule has 1 amide bonds. The molecule has 0 saturated heterocycles. The summed E-state index contributed by atoms with van der Waals surface area (Å²) >= 11 is 0. The highest BCUT2D eigenvalue weighted by molar-refractivity contribution is 5.96. The van der Waals surface area contributed by atoms with Crippen LogP contribution in [-0.4, -0.2) is 28.3 Å². The fourth-order valence-corrected chi connectivity index (χ4v) is 2.42. The van der Waals surface area contributed by atoms with E-state index in [1.165, 1.54) is 6.07 Å². The van der Waals surface area contributed by atoms with Crippen LogP contribution in [0.3, 0.4) is 0 Å². The molecule has 0 fully saturated rings. The minimum Gasteiger partial charge on any atom is -0.452 e. The number of esters is 1. The SMILES string of the molecule is Cc1c([N+](=O)[O-])cc(C(=O)OCC(=O)Nc2ccccc2C(F)(F)F)cc1[N+](=O)[O-]. The van der Waals surface area contributed by atoms with Gasteiger partial charge in [0.15, 0.2) is 6.61 Å². The van der Waals surface area contributed by atoms with Crippen molar-refractivity contribution in [2.45, 2.75) is 13.1 Å². The zero-order chi connectivity index (χ0) is 22.6. The number of amides is 1. The lowest BCUT2D eigenvalue weighted by Gasteiger charge is -2.13. The molecule has 0 aromatic heterocycles. The lowest BCUT2D eigenvalue weighted by molar-refractivity contribution is -0.395. The number of nitrogens with zero attached hydrogens (tertiary/aromatic N) is 2. The van der Waals surface area contributed by atoms with Crippen LogP contribution in [0.25, 0.3) is 0 Å². The van der Waals surface area contributed by atoms with Crippen molar-refractivity contribution in [1.29, 1.82) is 0 Å². The van der Waals surface area contributed by atoms with Crippen LogP contribution < -0.4 is 5.32 Å². The lowest BCUT2D eigenvalue weighted by Crippen LogP contribution is -2.22. The predicted molar refractivity (Wildman–Crippen MR) is 94.8 cm³/mol. The normalized spacial score (nSPS) is 10.9. The van der Waals surface area contributed by atoms with Crippen LogP contribution >= 0.6 is 0 Å². The van der Waals surface area contributed by atoms with Crippen LogP contribution in [0.4, 0.5) is 30.2 Å². The molecule has 0 saturated carbocycles. The standard InChI is InChI=1S/C17H12F3N3O7/c1-9-13(22(26)27)6-10(7-14(9)23(28)29)16(25)30-8-15(24)21-12-5-3-2-4-11(12)17(18,19)20/h2-7H,8H2,1H3,(H,21,24). The average Bonchev–Trinajstić information content (AvgIpc) is 2.65. The third-order valence-corrected chi connectivity index (χ3v) is 3.82. The van der Waals surface area contributed by atoms with Gasteiger partial charge in [0.1, 0.15) is 5.56 Å². The second kappa shape index (κ2) is 8.55. The van der Waals surface area contributed by atoms with Gasteiger partial charge in [-0.1, -0.05) is 12.1 Å². The first-order valence-corrected chi connectivity index (χ1v) is 7.98. The smallest absolute Gasteiger partial charge is 0.418 e. The van der Waals surface area contributed by atoms with Crippen molar-refractivity contribution in [1.82, 2.24) is 0 Å². The summed E-state index contributed by atoms with van der Waals surface area (Å²) in [5.41, 5.74) is -3.95. The number of carbonyl (C=O) groups is 2. The molecule has 0 spiro atoms. The van der Waals surface area contributed by atoms with E-state index in [1.807, 2.05) is 5.32 Å². The number of anilines is 1. The van der Waals surface area contributed by atoms with Gasteiger partial charge in [0.05, 0.1) is 26.7 Å². The maximum atomic E-state index is 12.9. The molecule has 158 valence electrons. The van der Waals surface area contributed by atoms with Crippen LogP contribution in [0.15, 0.2) is 36.4 Å². The fourth-order valence-electron chi connectivity index (χ4n) is 2.42. The zero-order valence-electron chi connectivity index (χ0n) is 15.1. The van der Waals surface area contributed by atoms with E-state index in [0.717, 1.165) is 37.3 Å². The Bertz CT molecular complexity index is 1000. The highest BCUT2D eigenvalue weighted by atomic mass is 19.4. The largest absolute Gasteiger partial charge is 0.452 e. The molecule has 2 aromatic rings. The van der Waals surface area contributed by atoms with Crippen molar-refractivity contribution in [3.63, 3.8) is 0 Å². The molecular formula is C17H12F3N3O7. The third kappa shape index (κ3) is 5.06. The number of nitro groups is 2. The Morgan fingerprint density at radius 1 is 1.07 bits per heavy atom. The zero-order valence-corrected chi connectivity index (χ0v) is 15.1. The molecule has 30 heavy (non-hydrogen) atoms. The summed E-state index contributed by atoms with van der Waals surface area (Å²) in [6, 6.07) is 5.58. The van der Waals surface area contributed by atoms with Gasteiger partial charge in [-0.05, 0) is 19.1 Å². The van der Waals surface area contributed by atoms with E-state index in [2.05, 4.69) is 4.74 Å². The lowest BCUT2D eigenvalue weighted by atomic mass is 10.1. The maximum absolute atomic E-state index is 12.9. The van der Waals surface area contributed by atoms with Gasteiger partial charge in [-0.3, -0.25) is 25.0 Å². The quantitative estimate of drug-likeness (QED) is 0.421. The molecule has 10 nitrogen and oxygen atoms in total. The molecule has 0 heterocycles. The van der Waals surface area contributed by atoms with Crippen molar-refractivity contribution in [2.75, 3.05) is 11.9 Å². The highest BCUT2D eigenvalue weighted by Gasteiger charge is 2.33. The van der Waals surface area contributed by atoms with E-state index in [1.54, 1.807) is 0 Å². The Balaban J connectivity index is 2.16. The molecule has 1 N–H and O–H groups in total.